The Hall–Kier alpha value is -2.17. The first-order chi connectivity index (χ1) is 8.84. The lowest BCUT2D eigenvalue weighted by molar-refractivity contribution is 0.280. The maximum absolute atomic E-state index is 12.5. The summed E-state index contributed by atoms with van der Waals surface area (Å²) in [6.07, 6.45) is 6.84. The Morgan fingerprint density at radius 2 is 2.17 bits per heavy atom. The topological polar surface area (TPSA) is 52.2 Å². The molecule has 0 aliphatic heterocycles. The molecule has 0 amide bonds. The molecule has 3 aromatic heterocycles. The highest BCUT2D eigenvalue weighted by atomic mass is 16.1. The van der Waals surface area contributed by atoms with Crippen LogP contribution in [0.1, 0.15) is 25.3 Å². The van der Waals surface area contributed by atoms with Crippen molar-refractivity contribution in [2.75, 3.05) is 0 Å². The van der Waals surface area contributed by atoms with E-state index in [-0.39, 0.29) is 11.6 Å². The number of fused-ring (bicyclic) bond motifs is 3. The largest absolute Gasteiger partial charge is 0.278 e. The summed E-state index contributed by atoms with van der Waals surface area (Å²) in [5, 5.41) is 9.29. The monoisotopic (exact) mass is 240 g/mol. The summed E-state index contributed by atoms with van der Waals surface area (Å²) >= 11 is 0. The third kappa shape index (κ3) is 1.19. The summed E-state index contributed by atoms with van der Waals surface area (Å²) in [5.41, 5.74) is 1.51. The maximum Gasteiger partial charge on any atom is 0.278 e. The van der Waals surface area contributed by atoms with Gasteiger partial charge in [0, 0.05) is 6.20 Å². The molecule has 1 aliphatic carbocycles. The van der Waals surface area contributed by atoms with Gasteiger partial charge in [-0.15, -0.1) is 0 Å². The molecule has 0 saturated heterocycles. The molecule has 0 N–H and O–H groups in total. The first-order valence-corrected chi connectivity index (χ1v) is 6.19. The Balaban J connectivity index is 2.11. The summed E-state index contributed by atoms with van der Waals surface area (Å²) in [6.45, 7) is 0. The van der Waals surface area contributed by atoms with Crippen molar-refractivity contribution in [3.63, 3.8) is 0 Å². The van der Waals surface area contributed by atoms with E-state index in [1.165, 1.54) is 6.42 Å². The van der Waals surface area contributed by atoms with Gasteiger partial charge >= 0.3 is 0 Å². The molecule has 0 aromatic carbocycles. The number of hydrogen-bond donors (Lipinski definition) is 0. The van der Waals surface area contributed by atoms with E-state index in [2.05, 4.69) is 10.2 Å². The molecule has 1 saturated carbocycles. The van der Waals surface area contributed by atoms with Crippen LogP contribution in [-0.2, 0) is 0 Å². The van der Waals surface area contributed by atoms with Gasteiger partial charge in [-0.05, 0) is 31.4 Å². The minimum Gasteiger partial charge on any atom is -0.267 e. The van der Waals surface area contributed by atoms with Gasteiger partial charge in [-0.2, -0.15) is 10.2 Å². The third-order valence-electron chi connectivity index (χ3n) is 3.71. The van der Waals surface area contributed by atoms with Crippen molar-refractivity contribution in [1.29, 1.82) is 0 Å². The summed E-state index contributed by atoms with van der Waals surface area (Å²) in [6, 6.07) is 6.02. The van der Waals surface area contributed by atoms with E-state index in [0.29, 0.717) is 10.9 Å². The molecule has 0 spiro atoms. The number of aromatic nitrogens is 4. The van der Waals surface area contributed by atoms with E-state index in [9.17, 15) is 4.79 Å². The molecule has 0 bridgehead atoms. The molecule has 1 fully saturated rings. The van der Waals surface area contributed by atoms with Crippen molar-refractivity contribution in [2.45, 2.75) is 25.3 Å². The fraction of sp³-hybridized carbons (Fsp3) is 0.308. The lowest BCUT2D eigenvalue weighted by Gasteiger charge is -2.25. The summed E-state index contributed by atoms with van der Waals surface area (Å²) in [4.78, 5) is 12.5. The van der Waals surface area contributed by atoms with Crippen LogP contribution in [0.5, 0.6) is 0 Å². The van der Waals surface area contributed by atoms with E-state index in [4.69, 9.17) is 0 Å². The standard InChI is InChI=1S/C13H12N4O/c18-13-12-10(8-14-17(13)9-4-3-5-9)15-16-7-2-1-6-11(12)16/h1-2,6-9H,3-5H2. The predicted molar refractivity (Wildman–Crippen MR) is 67.6 cm³/mol. The SMILES string of the molecule is O=c1c2c(cnn1C1CCC1)nn1ccccc21. The van der Waals surface area contributed by atoms with Crippen LogP contribution in [0.4, 0.5) is 0 Å². The van der Waals surface area contributed by atoms with E-state index in [0.717, 1.165) is 18.4 Å². The van der Waals surface area contributed by atoms with Crippen molar-refractivity contribution in [3.05, 3.63) is 40.9 Å². The quantitative estimate of drug-likeness (QED) is 0.651. The van der Waals surface area contributed by atoms with Crippen molar-refractivity contribution in [3.8, 4) is 0 Å². The molecular formula is C13H12N4O. The van der Waals surface area contributed by atoms with Crippen molar-refractivity contribution < 1.29 is 0 Å². The molecule has 18 heavy (non-hydrogen) atoms. The summed E-state index contributed by atoms with van der Waals surface area (Å²) < 4.78 is 3.36. The zero-order valence-electron chi connectivity index (χ0n) is 9.78. The number of rotatable bonds is 1. The molecule has 5 heteroatoms. The van der Waals surface area contributed by atoms with Gasteiger partial charge in [0.1, 0.15) is 5.52 Å². The lowest BCUT2D eigenvalue weighted by atomic mass is 9.93. The first-order valence-electron chi connectivity index (χ1n) is 6.19. The van der Waals surface area contributed by atoms with Crippen LogP contribution < -0.4 is 5.56 Å². The average molecular weight is 240 g/mol. The van der Waals surface area contributed by atoms with E-state index in [1.807, 2.05) is 24.4 Å². The highest BCUT2D eigenvalue weighted by Gasteiger charge is 2.23. The van der Waals surface area contributed by atoms with Crippen LogP contribution >= 0.6 is 0 Å². The van der Waals surface area contributed by atoms with Crippen molar-refractivity contribution in [1.82, 2.24) is 19.4 Å². The molecule has 3 heterocycles. The zero-order chi connectivity index (χ0) is 12.1. The second kappa shape index (κ2) is 3.41. The van der Waals surface area contributed by atoms with Gasteiger partial charge in [-0.25, -0.2) is 9.20 Å². The minimum absolute atomic E-state index is 0.0154. The highest BCUT2D eigenvalue weighted by molar-refractivity contribution is 5.92. The minimum atomic E-state index is -0.0154. The molecule has 0 unspecified atom stereocenters. The number of hydrogen-bond acceptors (Lipinski definition) is 3. The summed E-state index contributed by atoms with van der Waals surface area (Å²) in [5.74, 6) is 0. The molecule has 3 aromatic rings. The van der Waals surface area contributed by atoms with Crippen LogP contribution in [0.25, 0.3) is 16.4 Å². The van der Waals surface area contributed by atoms with Crippen molar-refractivity contribution in [2.24, 2.45) is 0 Å². The van der Waals surface area contributed by atoms with Crippen LogP contribution in [0, 0.1) is 0 Å². The van der Waals surface area contributed by atoms with Gasteiger partial charge in [0.2, 0.25) is 0 Å². The number of pyridine rings is 1. The van der Waals surface area contributed by atoms with Gasteiger partial charge in [0.15, 0.2) is 0 Å². The Labute approximate surface area is 103 Å². The molecule has 4 rings (SSSR count). The fourth-order valence-electron chi connectivity index (χ4n) is 2.50. The van der Waals surface area contributed by atoms with Crippen LogP contribution in [-0.4, -0.2) is 19.4 Å². The average Bonchev–Trinajstić information content (AvgIpc) is 2.69. The third-order valence-corrected chi connectivity index (χ3v) is 3.71. The number of nitrogens with zero attached hydrogens (tertiary/aromatic N) is 4. The van der Waals surface area contributed by atoms with Crippen LogP contribution in [0.3, 0.4) is 0 Å². The molecule has 5 nitrogen and oxygen atoms in total. The van der Waals surface area contributed by atoms with Gasteiger partial charge in [0.05, 0.1) is 23.1 Å². The second-order valence-corrected chi connectivity index (χ2v) is 4.77. The Kier molecular flexibility index (Phi) is 1.86. The van der Waals surface area contributed by atoms with Gasteiger partial charge in [0.25, 0.3) is 5.56 Å². The first kappa shape index (κ1) is 9.82. The van der Waals surface area contributed by atoms with E-state index >= 15 is 0 Å². The van der Waals surface area contributed by atoms with E-state index < -0.39 is 0 Å². The molecular weight excluding hydrogens is 228 g/mol. The highest BCUT2D eigenvalue weighted by Crippen LogP contribution is 2.29. The van der Waals surface area contributed by atoms with Gasteiger partial charge < -0.3 is 0 Å². The van der Waals surface area contributed by atoms with E-state index in [1.54, 1.807) is 15.4 Å². The molecule has 90 valence electrons. The molecule has 0 radical (unpaired) electrons. The smallest absolute Gasteiger partial charge is 0.267 e. The van der Waals surface area contributed by atoms with Crippen LogP contribution in [0.2, 0.25) is 0 Å². The van der Waals surface area contributed by atoms with Gasteiger partial charge in [-0.3, -0.25) is 4.79 Å². The molecule has 0 atom stereocenters. The lowest BCUT2D eigenvalue weighted by Crippen LogP contribution is -2.30. The maximum atomic E-state index is 12.5. The second-order valence-electron chi connectivity index (χ2n) is 4.77. The van der Waals surface area contributed by atoms with Crippen LogP contribution in [0.15, 0.2) is 35.4 Å². The van der Waals surface area contributed by atoms with Gasteiger partial charge in [-0.1, -0.05) is 6.07 Å². The Morgan fingerprint density at radius 3 is 2.94 bits per heavy atom. The Morgan fingerprint density at radius 1 is 1.28 bits per heavy atom. The summed E-state index contributed by atoms with van der Waals surface area (Å²) in [7, 11) is 0. The normalized spacial score (nSPS) is 16.2. The Bertz CT molecular complexity index is 797. The fourth-order valence-corrected chi connectivity index (χ4v) is 2.50. The zero-order valence-corrected chi connectivity index (χ0v) is 9.78. The predicted octanol–water partition coefficient (Wildman–Crippen LogP) is 1.77. The molecule has 1 aliphatic rings. The van der Waals surface area contributed by atoms with Crippen molar-refractivity contribution >= 4 is 16.4 Å².